The number of hydrogen-bond acceptors (Lipinski definition) is 2. The number of benzene rings is 2. The van der Waals surface area contributed by atoms with E-state index in [4.69, 9.17) is 34.8 Å². The van der Waals surface area contributed by atoms with E-state index in [9.17, 15) is 9.90 Å². The highest BCUT2D eigenvalue weighted by Gasteiger charge is 2.28. The molecule has 1 aromatic heterocycles. The maximum absolute atomic E-state index is 11.8. The van der Waals surface area contributed by atoms with E-state index in [2.05, 4.69) is 5.10 Å². The van der Waals surface area contributed by atoms with Crippen LogP contribution in [0.4, 0.5) is 0 Å². The van der Waals surface area contributed by atoms with Crippen LogP contribution in [0.1, 0.15) is 28.0 Å². The van der Waals surface area contributed by atoms with E-state index in [1.54, 1.807) is 22.9 Å². The lowest BCUT2D eigenvalue weighted by molar-refractivity contribution is 0.0688. The van der Waals surface area contributed by atoms with Crippen LogP contribution in [0.25, 0.3) is 16.9 Å². The number of carbonyl (C=O) groups is 1. The molecule has 0 unspecified atom stereocenters. The van der Waals surface area contributed by atoms with Crippen molar-refractivity contribution in [3.63, 3.8) is 0 Å². The van der Waals surface area contributed by atoms with E-state index in [1.807, 2.05) is 18.2 Å². The summed E-state index contributed by atoms with van der Waals surface area (Å²) in [5.74, 6) is -1.06. The van der Waals surface area contributed by atoms with Crippen LogP contribution in [0.15, 0.2) is 36.4 Å². The van der Waals surface area contributed by atoms with Gasteiger partial charge in [0, 0.05) is 21.2 Å². The van der Waals surface area contributed by atoms with Crippen molar-refractivity contribution in [1.29, 1.82) is 0 Å². The molecule has 2 aromatic carbocycles. The van der Waals surface area contributed by atoms with Crippen molar-refractivity contribution in [2.24, 2.45) is 0 Å². The standard InChI is InChI=1S/C19H13Cl3N2O2/c20-10-7-8-16(15(22)9-10)24-18-12-4-2-6-14(21)11(12)3-1-5-13(18)17(23-24)19(25)26/h2,4,6-9H,1,3,5H2,(H,25,26). The van der Waals surface area contributed by atoms with Crippen molar-refractivity contribution in [3.8, 4) is 16.9 Å². The van der Waals surface area contributed by atoms with Crippen LogP contribution in [-0.4, -0.2) is 20.9 Å². The molecule has 0 fully saturated rings. The molecular formula is C19H13Cl3N2O2. The number of fused-ring (bicyclic) bond motifs is 3. The molecule has 0 saturated heterocycles. The minimum Gasteiger partial charge on any atom is -0.476 e. The summed E-state index contributed by atoms with van der Waals surface area (Å²) in [6.45, 7) is 0. The van der Waals surface area contributed by atoms with Gasteiger partial charge >= 0.3 is 5.97 Å². The fraction of sp³-hybridized carbons (Fsp3) is 0.158. The van der Waals surface area contributed by atoms with Crippen molar-refractivity contribution < 1.29 is 9.90 Å². The molecule has 132 valence electrons. The summed E-state index contributed by atoms with van der Waals surface area (Å²) in [6.07, 6.45) is 2.17. The average molecular weight is 408 g/mol. The fourth-order valence-corrected chi connectivity index (χ4v) is 4.20. The van der Waals surface area contributed by atoms with Crippen molar-refractivity contribution in [2.45, 2.75) is 19.3 Å². The van der Waals surface area contributed by atoms with Gasteiger partial charge in [-0.1, -0.05) is 46.9 Å². The van der Waals surface area contributed by atoms with Gasteiger partial charge in [0.25, 0.3) is 0 Å². The first-order chi connectivity index (χ1) is 12.5. The number of carboxylic acid groups (broad SMARTS) is 1. The van der Waals surface area contributed by atoms with Crippen LogP contribution in [0.2, 0.25) is 15.1 Å². The van der Waals surface area contributed by atoms with Gasteiger partial charge < -0.3 is 5.11 Å². The molecule has 0 spiro atoms. The molecule has 0 amide bonds. The lowest BCUT2D eigenvalue weighted by Crippen LogP contribution is -2.04. The van der Waals surface area contributed by atoms with Gasteiger partial charge in [-0.15, -0.1) is 0 Å². The molecule has 26 heavy (non-hydrogen) atoms. The lowest BCUT2D eigenvalue weighted by atomic mass is 10.0. The van der Waals surface area contributed by atoms with Crippen molar-refractivity contribution in [3.05, 3.63) is 68.3 Å². The van der Waals surface area contributed by atoms with Crippen LogP contribution in [0.5, 0.6) is 0 Å². The van der Waals surface area contributed by atoms with Crippen LogP contribution in [0.3, 0.4) is 0 Å². The zero-order chi connectivity index (χ0) is 18.4. The maximum atomic E-state index is 11.8. The summed E-state index contributed by atoms with van der Waals surface area (Å²) < 4.78 is 1.60. The molecule has 0 saturated carbocycles. The quantitative estimate of drug-likeness (QED) is 0.594. The van der Waals surface area contributed by atoms with Crippen molar-refractivity contribution in [1.82, 2.24) is 9.78 Å². The highest BCUT2D eigenvalue weighted by molar-refractivity contribution is 6.35. The smallest absolute Gasteiger partial charge is 0.356 e. The van der Waals surface area contributed by atoms with E-state index < -0.39 is 5.97 Å². The number of aromatic carboxylic acids is 1. The summed E-state index contributed by atoms with van der Waals surface area (Å²) in [7, 11) is 0. The molecular weight excluding hydrogens is 395 g/mol. The number of halogens is 3. The molecule has 0 aliphatic heterocycles. The van der Waals surface area contributed by atoms with Gasteiger partial charge in [0.2, 0.25) is 0 Å². The number of aromatic nitrogens is 2. The molecule has 1 aliphatic carbocycles. The molecule has 0 atom stereocenters. The summed E-state index contributed by atoms with van der Waals surface area (Å²) in [5.41, 5.74) is 3.92. The number of carboxylic acids is 1. The highest BCUT2D eigenvalue weighted by atomic mass is 35.5. The predicted octanol–water partition coefficient (Wildman–Crippen LogP) is 5.69. The summed E-state index contributed by atoms with van der Waals surface area (Å²) in [4.78, 5) is 11.8. The second-order valence-electron chi connectivity index (χ2n) is 6.11. The van der Waals surface area contributed by atoms with Gasteiger partial charge in [-0.2, -0.15) is 5.10 Å². The minimum absolute atomic E-state index is 0.0406. The molecule has 1 heterocycles. The minimum atomic E-state index is -1.06. The molecule has 4 rings (SSSR count). The van der Waals surface area contributed by atoms with Crippen LogP contribution in [-0.2, 0) is 12.8 Å². The molecule has 0 radical (unpaired) electrons. The molecule has 1 N–H and O–H groups in total. The Labute approximate surface area is 164 Å². The van der Waals surface area contributed by atoms with E-state index in [0.29, 0.717) is 32.7 Å². The van der Waals surface area contributed by atoms with Gasteiger partial charge in [-0.05, 0) is 49.1 Å². The van der Waals surface area contributed by atoms with Gasteiger partial charge in [-0.3, -0.25) is 0 Å². The van der Waals surface area contributed by atoms with E-state index in [0.717, 1.165) is 29.7 Å². The van der Waals surface area contributed by atoms with Crippen LogP contribution in [0, 0.1) is 0 Å². The third-order valence-corrected chi connectivity index (χ3v) is 5.44. The normalized spacial score (nSPS) is 13.0. The van der Waals surface area contributed by atoms with E-state index in [1.165, 1.54) is 0 Å². The third kappa shape index (κ3) is 2.78. The molecule has 7 heteroatoms. The summed E-state index contributed by atoms with van der Waals surface area (Å²) in [5, 5.41) is 15.6. The Hall–Kier alpha value is -2.01. The largest absolute Gasteiger partial charge is 0.476 e. The Morgan fingerprint density at radius 3 is 2.54 bits per heavy atom. The Kier molecular flexibility index (Phi) is 4.43. The Morgan fingerprint density at radius 2 is 1.81 bits per heavy atom. The van der Waals surface area contributed by atoms with Crippen LogP contribution < -0.4 is 0 Å². The van der Waals surface area contributed by atoms with Gasteiger partial charge in [-0.25, -0.2) is 9.48 Å². The molecule has 0 bridgehead atoms. The Bertz CT molecular complexity index is 1040. The van der Waals surface area contributed by atoms with Crippen molar-refractivity contribution >= 4 is 40.8 Å². The topological polar surface area (TPSA) is 55.1 Å². The van der Waals surface area contributed by atoms with E-state index in [-0.39, 0.29) is 5.69 Å². The predicted molar refractivity (Wildman–Crippen MR) is 103 cm³/mol. The summed E-state index contributed by atoms with van der Waals surface area (Å²) in [6, 6.07) is 10.7. The Morgan fingerprint density at radius 1 is 1.04 bits per heavy atom. The molecule has 1 aliphatic rings. The van der Waals surface area contributed by atoms with Crippen LogP contribution >= 0.6 is 34.8 Å². The van der Waals surface area contributed by atoms with Gasteiger partial charge in [0.15, 0.2) is 5.69 Å². The highest BCUT2D eigenvalue weighted by Crippen LogP contribution is 2.39. The number of rotatable bonds is 2. The zero-order valence-corrected chi connectivity index (χ0v) is 15.7. The summed E-state index contributed by atoms with van der Waals surface area (Å²) >= 11 is 18.8. The first kappa shape index (κ1) is 17.4. The fourth-order valence-electron chi connectivity index (χ4n) is 3.44. The van der Waals surface area contributed by atoms with Gasteiger partial charge in [0.1, 0.15) is 0 Å². The lowest BCUT2D eigenvalue weighted by Gasteiger charge is -2.13. The first-order valence-electron chi connectivity index (χ1n) is 8.05. The first-order valence-corrected chi connectivity index (χ1v) is 9.19. The Balaban J connectivity index is 2.08. The van der Waals surface area contributed by atoms with Gasteiger partial charge in [0.05, 0.1) is 16.4 Å². The zero-order valence-electron chi connectivity index (χ0n) is 13.5. The number of hydrogen-bond donors (Lipinski definition) is 1. The third-order valence-electron chi connectivity index (χ3n) is 4.55. The average Bonchev–Trinajstić information content (AvgIpc) is 2.84. The monoisotopic (exact) mass is 406 g/mol. The van der Waals surface area contributed by atoms with E-state index >= 15 is 0 Å². The molecule has 4 nitrogen and oxygen atoms in total. The maximum Gasteiger partial charge on any atom is 0.356 e. The second-order valence-corrected chi connectivity index (χ2v) is 7.36. The SMILES string of the molecule is O=C(O)c1nn(-c2ccc(Cl)cc2Cl)c2c1CCCc1c(Cl)cccc1-2. The number of nitrogens with zero attached hydrogens (tertiary/aromatic N) is 2. The van der Waals surface area contributed by atoms with Crippen molar-refractivity contribution in [2.75, 3.05) is 0 Å². The molecule has 3 aromatic rings. The second kappa shape index (κ2) is 6.62.